The molecule has 1 unspecified atom stereocenters. The molecule has 0 radical (unpaired) electrons. The van der Waals surface area contributed by atoms with Gasteiger partial charge in [0.15, 0.2) is 0 Å². The molecule has 1 aromatic carbocycles. The summed E-state index contributed by atoms with van der Waals surface area (Å²) in [5.74, 6) is 0.977. The molecular formula is C16H19NO2. The Morgan fingerprint density at radius 3 is 2.37 bits per heavy atom. The highest BCUT2D eigenvalue weighted by Gasteiger charge is 2.11. The maximum absolute atomic E-state index is 9.57. The first kappa shape index (κ1) is 13.6. The van der Waals surface area contributed by atoms with Crippen molar-refractivity contribution in [1.82, 2.24) is 4.98 Å². The second-order valence-corrected chi connectivity index (χ2v) is 4.44. The molecule has 0 fully saturated rings. The summed E-state index contributed by atoms with van der Waals surface area (Å²) in [7, 11) is 0. The fourth-order valence-electron chi connectivity index (χ4n) is 2.09. The van der Waals surface area contributed by atoms with Crippen molar-refractivity contribution < 1.29 is 9.84 Å². The average Bonchev–Trinajstić information content (AvgIpc) is 2.47. The van der Waals surface area contributed by atoms with Crippen LogP contribution >= 0.6 is 0 Å². The Balaban J connectivity index is 2.08. The van der Waals surface area contributed by atoms with Crippen LogP contribution in [0, 0.1) is 0 Å². The number of benzene rings is 1. The molecule has 0 amide bonds. The second kappa shape index (κ2) is 6.90. The second-order valence-electron chi connectivity index (χ2n) is 4.44. The summed E-state index contributed by atoms with van der Waals surface area (Å²) in [4.78, 5) is 4.00. The van der Waals surface area contributed by atoms with Gasteiger partial charge < -0.3 is 9.84 Å². The highest BCUT2D eigenvalue weighted by molar-refractivity contribution is 5.30. The van der Waals surface area contributed by atoms with Crippen molar-refractivity contribution in [3.8, 4) is 5.75 Å². The van der Waals surface area contributed by atoms with Crippen molar-refractivity contribution in [2.24, 2.45) is 0 Å². The molecule has 19 heavy (non-hydrogen) atoms. The molecule has 0 aliphatic rings. The monoisotopic (exact) mass is 257 g/mol. The lowest BCUT2D eigenvalue weighted by Gasteiger charge is -2.15. The molecule has 1 atom stereocenters. The molecule has 0 saturated heterocycles. The summed E-state index contributed by atoms with van der Waals surface area (Å²) in [6.45, 7) is 2.77. The number of aromatic nitrogens is 1. The van der Waals surface area contributed by atoms with Gasteiger partial charge in [-0.05, 0) is 48.7 Å². The number of ether oxygens (including phenoxy) is 1. The van der Waals surface area contributed by atoms with E-state index >= 15 is 0 Å². The summed E-state index contributed by atoms with van der Waals surface area (Å²) >= 11 is 0. The van der Waals surface area contributed by atoms with Gasteiger partial charge in [-0.2, -0.15) is 0 Å². The van der Waals surface area contributed by atoms with Crippen LogP contribution in [0.5, 0.6) is 5.75 Å². The van der Waals surface area contributed by atoms with Crippen molar-refractivity contribution in [3.05, 3.63) is 59.9 Å². The third-order valence-electron chi connectivity index (χ3n) is 3.11. The molecular weight excluding hydrogens is 238 g/mol. The fraction of sp³-hybridized carbons (Fsp3) is 0.312. The normalized spacial score (nSPS) is 12.1. The van der Waals surface area contributed by atoms with Crippen LogP contribution in [0.3, 0.4) is 0 Å². The Hall–Kier alpha value is -1.87. The molecule has 0 bridgehead atoms. The quantitative estimate of drug-likeness (QED) is 0.865. The van der Waals surface area contributed by atoms with E-state index in [0.29, 0.717) is 6.61 Å². The third kappa shape index (κ3) is 3.80. The molecule has 0 aliphatic heterocycles. The Morgan fingerprint density at radius 2 is 1.79 bits per heavy atom. The van der Waals surface area contributed by atoms with Gasteiger partial charge in [-0.3, -0.25) is 4.98 Å². The first-order valence-electron chi connectivity index (χ1n) is 6.56. The Morgan fingerprint density at radius 1 is 1.11 bits per heavy atom. The first-order valence-corrected chi connectivity index (χ1v) is 6.56. The SMILES string of the molecule is CCOc1ccc(C(CO)Cc2ccncc2)cc1. The minimum atomic E-state index is 0.109. The molecule has 2 rings (SSSR count). The fourth-order valence-corrected chi connectivity index (χ4v) is 2.09. The molecule has 1 aromatic heterocycles. The lowest BCUT2D eigenvalue weighted by atomic mass is 9.93. The van der Waals surface area contributed by atoms with Crippen LogP contribution in [-0.2, 0) is 6.42 Å². The Kier molecular flexibility index (Phi) is 4.93. The van der Waals surface area contributed by atoms with E-state index in [9.17, 15) is 5.11 Å². The van der Waals surface area contributed by atoms with Crippen molar-refractivity contribution in [2.75, 3.05) is 13.2 Å². The van der Waals surface area contributed by atoms with Crippen LogP contribution in [0.25, 0.3) is 0 Å². The summed E-state index contributed by atoms with van der Waals surface area (Å²) in [6.07, 6.45) is 4.37. The summed E-state index contributed by atoms with van der Waals surface area (Å²) in [6, 6.07) is 11.9. The number of hydrogen-bond donors (Lipinski definition) is 1. The van der Waals surface area contributed by atoms with Crippen LogP contribution in [0.4, 0.5) is 0 Å². The molecule has 0 spiro atoms. The predicted octanol–water partition coefficient (Wildman–Crippen LogP) is 2.80. The van der Waals surface area contributed by atoms with Crippen LogP contribution in [0.15, 0.2) is 48.8 Å². The smallest absolute Gasteiger partial charge is 0.119 e. The molecule has 1 heterocycles. The molecule has 0 aliphatic carbocycles. The van der Waals surface area contributed by atoms with E-state index in [1.165, 1.54) is 5.56 Å². The average molecular weight is 257 g/mol. The number of aliphatic hydroxyl groups excluding tert-OH is 1. The van der Waals surface area contributed by atoms with Gasteiger partial charge in [0.25, 0.3) is 0 Å². The minimum Gasteiger partial charge on any atom is -0.494 e. The molecule has 1 N–H and O–H groups in total. The number of aliphatic hydroxyl groups is 1. The maximum Gasteiger partial charge on any atom is 0.119 e. The third-order valence-corrected chi connectivity index (χ3v) is 3.11. The minimum absolute atomic E-state index is 0.109. The highest BCUT2D eigenvalue weighted by atomic mass is 16.5. The van der Waals surface area contributed by atoms with Gasteiger partial charge in [0, 0.05) is 18.3 Å². The predicted molar refractivity (Wildman–Crippen MR) is 75.4 cm³/mol. The zero-order chi connectivity index (χ0) is 13.5. The van der Waals surface area contributed by atoms with E-state index in [1.54, 1.807) is 12.4 Å². The molecule has 3 heteroatoms. The van der Waals surface area contributed by atoms with E-state index in [0.717, 1.165) is 17.7 Å². The van der Waals surface area contributed by atoms with Gasteiger partial charge in [0.1, 0.15) is 5.75 Å². The van der Waals surface area contributed by atoms with Crippen molar-refractivity contribution >= 4 is 0 Å². The lowest BCUT2D eigenvalue weighted by molar-refractivity contribution is 0.264. The summed E-state index contributed by atoms with van der Waals surface area (Å²) < 4.78 is 5.42. The molecule has 2 aromatic rings. The summed E-state index contributed by atoms with van der Waals surface area (Å²) in [5.41, 5.74) is 2.31. The van der Waals surface area contributed by atoms with E-state index in [4.69, 9.17) is 4.74 Å². The molecule has 0 saturated carbocycles. The molecule has 100 valence electrons. The van der Waals surface area contributed by atoms with E-state index in [1.807, 2.05) is 43.3 Å². The number of hydrogen-bond acceptors (Lipinski definition) is 3. The topological polar surface area (TPSA) is 42.4 Å². The number of nitrogens with zero attached hydrogens (tertiary/aromatic N) is 1. The van der Waals surface area contributed by atoms with Crippen molar-refractivity contribution in [3.63, 3.8) is 0 Å². The van der Waals surface area contributed by atoms with Gasteiger partial charge in [-0.1, -0.05) is 12.1 Å². The van der Waals surface area contributed by atoms with Gasteiger partial charge >= 0.3 is 0 Å². The maximum atomic E-state index is 9.57. The van der Waals surface area contributed by atoms with Crippen molar-refractivity contribution in [2.45, 2.75) is 19.3 Å². The zero-order valence-corrected chi connectivity index (χ0v) is 11.1. The number of rotatable bonds is 6. The van der Waals surface area contributed by atoms with Gasteiger partial charge in [-0.25, -0.2) is 0 Å². The summed E-state index contributed by atoms with van der Waals surface area (Å²) in [5, 5.41) is 9.57. The molecule has 3 nitrogen and oxygen atoms in total. The lowest BCUT2D eigenvalue weighted by Crippen LogP contribution is -2.08. The first-order chi connectivity index (χ1) is 9.33. The van der Waals surface area contributed by atoms with Crippen LogP contribution < -0.4 is 4.74 Å². The highest BCUT2D eigenvalue weighted by Crippen LogP contribution is 2.22. The van der Waals surface area contributed by atoms with Gasteiger partial charge in [0.2, 0.25) is 0 Å². The Labute approximate surface area is 113 Å². The zero-order valence-electron chi connectivity index (χ0n) is 11.1. The van der Waals surface area contributed by atoms with Crippen LogP contribution in [0.1, 0.15) is 24.0 Å². The van der Waals surface area contributed by atoms with E-state index < -0.39 is 0 Å². The standard InChI is InChI=1S/C16H19NO2/c1-2-19-16-5-3-14(4-6-16)15(12-18)11-13-7-9-17-10-8-13/h3-10,15,18H,2,11-12H2,1H3. The van der Waals surface area contributed by atoms with E-state index in [-0.39, 0.29) is 12.5 Å². The van der Waals surface area contributed by atoms with E-state index in [2.05, 4.69) is 4.98 Å². The Bertz CT molecular complexity index is 482. The van der Waals surface area contributed by atoms with Crippen molar-refractivity contribution in [1.29, 1.82) is 0 Å². The van der Waals surface area contributed by atoms with Gasteiger partial charge in [0.05, 0.1) is 13.2 Å². The van der Waals surface area contributed by atoms with Gasteiger partial charge in [-0.15, -0.1) is 0 Å². The number of pyridine rings is 1. The largest absolute Gasteiger partial charge is 0.494 e. The van der Waals surface area contributed by atoms with Crippen LogP contribution in [-0.4, -0.2) is 23.3 Å². The van der Waals surface area contributed by atoms with Crippen LogP contribution in [0.2, 0.25) is 0 Å².